The third-order valence-corrected chi connectivity index (χ3v) is 3.55. The lowest BCUT2D eigenvalue weighted by Crippen LogP contribution is -2.15. The molecular formula is C17H20N2O. The molecule has 2 aromatic rings. The van der Waals surface area contributed by atoms with E-state index in [1.54, 1.807) is 0 Å². The van der Waals surface area contributed by atoms with Gasteiger partial charge in [-0.05, 0) is 62.6 Å². The first-order chi connectivity index (χ1) is 9.38. The maximum absolute atomic E-state index is 12.4. The van der Waals surface area contributed by atoms with Crippen LogP contribution in [0.15, 0.2) is 30.3 Å². The van der Waals surface area contributed by atoms with Gasteiger partial charge < -0.3 is 11.1 Å². The van der Waals surface area contributed by atoms with Gasteiger partial charge in [0.2, 0.25) is 0 Å². The van der Waals surface area contributed by atoms with Gasteiger partial charge in [-0.15, -0.1) is 0 Å². The molecule has 2 aromatic carbocycles. The summed E-state index contributed by atoms with van der Waals surface area (Å²) in [6, 6.07) is 9.63. The molecule has 3 N–H and O–H groups in total. The molecule has 3 heteroatoms. The Kier molecular flexibility index (Phi) is 3.79. The third-order valence-electron chi connectivity index (χ3n) is 3.55. The Morgan fingerprint density at radius 3 is 2.30 bits per heavy atom. The molecule has 0 aliphatic carbocycles. The molecule has 3 nitrogen and oxygen atoms in total. The molecule has 0 aromatic heterocycles. The van der Waals surface area contributed by atoms with Crippen LogP contribution in [-0.2, 0) is 0 Å². The normalized spacial score (nSPS) is 10.4. The Morgan fingerprint density at radius 2 is 1.60 bits per heavy atom. The largest absolute Gasteiger partial charge is 0.397 e. The first-order valence-electron chi connectivity index (χ1n) is 6.64. The number of anilines is 2. The van der Waals surface area contributed by atoms with Crippen molar-refractivity contribution in [2.75, 3.05) is 11.1 Å². The number of carbonyl (C=O) groups is 1. The zero-order valence-electron chi connectivity index (χ0n) is 12.4. The predicted octanol–water partition coefficient (Wildman–Crippen LogP) is 3.75. The second-order valence-electron chi connectivity index (χ2n) is 5.30. The molecule has 0 radical (unpaired) electrons. The van der Waals surface area contributed by atoms with Crippen LogP contribution in [0.25, 0.3) is 0 Å². The molecule has 0 fully saturated rings. The fraction of sp³-hybridized carbons (Fsp3) is 0.235. The van der Waals surface area contributed by atoms with Gasteiger partial charge in [0.25, 0.3) is 5.91 Å². The van der Waals surface area contributed by atoms with Crippen molar-refractivity contribution in [3.63, 3.8) is 0 Å². The zero-order valence-corrected chi connectivity index (χ0v) is 12.4. The van der Waals surface area contributed by atoms with Gasteiger partial charge in [-0.3, -0.25) is 4.79 Å². The Hall–Kier alpha value is -2.29. The number of nitrogen functional groups attached to an aromatic ring is 1. The zero-order chi connectivity index (χ0) is 14.9. The maximum atomic E-state index is 12.4. The molecule has 0 bridgehead atoms. The maximum Gasteiger partial charge on any atom is 0.255 e. The van der Waals surface area contributed by atoms with Crippen LogP contribution in [0.4, 0.5) is 11.4 Å². The Morgan fingerprint density at radius 1 is 0.950 bits per heavy atom. The highest BCUT2D eigenvalue weighted by Gasteiger charge is 2.11. The van der Waals surface area contributed by atoms with Crippen molar-refractivity contribution in [3.8, 4) is 0 Å². The Balaban J connectivity index is 2.32. The summed E-state index contributed by atoms with van der Waals surface area (Å²) in [5.41, 5.74) is 12.2. The number of hydrogen-bond donors (Lipinski definition) is 2. The summed E-state index contributed by atoms with van der Waals surface area (Å²) in [5, 5.41) is 2.90. The molecule has 0 spiro atoms. The van der Waals surface area contributed by atoms with Crippen LogP contribution in [0, 0.1) is 27.7 Å². The highest BCUT2D eigenvalue weighted by atomic mass is 16.1. The minimum absolute atomic E-state index is 0.124. The van der Waals surface area contributed by atoms with E-state index in [1.807, 2.05) is 58.0 Å². The number of rotatable bonds is 2. The number of nitrogens with one attached hydrogen (secondary N) is 1. The van der Waals surface area contributed by atoms with E-state index >= 15 is 0 Å². The van der Waals surface area contributed by atoms with Crippen LogP contribution >= 0.6 is 0 Å². The third kappa shape index (κ3) is 2.82. The van der Waals surface area contributed by atoms with Crippen LogP contribution in [0.3, 0.4) is 0 Å². The van der Waals surface area contributed by atoms with E-state index in [1.165, 1.54) is 0 Å². The van der Waals surface area contributed by atoms with E-state index in [0.717, 1.165) is 22.3 Å². The van der Waals surface area contributed by atoms with Crippen molar-refractivity contribution >= 4 is 17.3 Å². The number of benzene rings is 2. The molecule has 20 heavy (non-hydrogen) atoms. The Bertz CT molecular complexity index is 675. The molecule has 0 saturated heterocycles. The molecule has 0 heterocycles. The SMILES string of the molecule is Cc1ccc(C)c(C(=O)Nc2cc(C)c(C)cc2N)c1. The van der Waals surface area contributed by atoms with Gasteiger partial charge in [-0.1, -0.05) is 17.7 Å². The summed E-state index contributed by atoms with van der Waals surface area (Å²) in [6.45, 7) is 7.91. The molecule has 0 unspecified atom stereocenters. The van der Waals surface area contributed by atoms with Crippen LogP contribution in [0.1, 0.15) is 32.6 Å². The number of hydrogen-bond acceptors (Lipinski definition) is 2. The van der Waals surface area contributed by atoms with Gasteiger partial charge in [-0.25, -0.2) is 0 Å². The minimum Gasteiger partial charge on any atom is -0.397 e. The van der Waals surface area contributed by atoms with Gasteiger partial charge in [0, 0.05) is 5.56 Å². The molecule has 2 rings (SSSR count). The van der Waals surface area contributed by atoms with Crippen molar-refractivity contribution in [1.82, 2.24) is 0 Å². The minimum atomic E-state index is -0.124. The standard InChI is InChI=1S/C17H20N2O/c1-10-5-6-11(2)14(7-10)17(20)19-16-9-13(4)12(3)8-15(16)18/h5-9H,18H2,1-4H3,(H,19,20). The van der Waals surface area contributed by atoms with E-state index in [-0.39, 0.29) is 5.91 Å². The smallest absolute Gasteiger partial charge is 0.255 e. The molecule has 0 aliphatic heterocycles. The van der Waals surface area contributed by atoms with Gasteiger partial charge in [0.15, 0.2) is 0 Å². The highest BCUT2D eigenvalue weighted by Crippen LogP contribution is 2.24. The lowest BCUT2D eigenvalue weighted by molar-refractivity contribution is 0.102. The average Bonchev–Trinajstić information content (AvgIpc) is 2.38. The topological polar surface area (TPSA) is 55.1 Å². The number of carbonyl (C=O) groups excluding carboxylic acids is 1. The fourth-order valence-corrected chi connectivity index (χ4v) is 2.12. The summed E-state index contributed by atoms with van der Waals surface area (Å²) < 4.78 is 0. The van der Waals surface area contributed by atoms with Gasteiger partial charge >= 0.3 is 0 Å². The van der Waals surface area contributed by atoms with Gasteiger partial charge in [-0.2, -0.15) is 0 Å². The quantitative estimate of drug-likeness (QED) is 0.815. The van der Waals surface area contributed by atoms with Crippen molar-refractivity contribution < 1.29 is 4.79 Å². The van der Waals surface area contributed by atoms with E-state index < -0.39 is 0 Å². The van der Waals surface area contributed by atoms with Crippen molar-refractivity contribution in [2.45, 2.75) is 27.7 Å². The average molecular weight is 268 g/mol. The van der Waals surface area contributed by atoms with Crippen molar-refractivity contribution in [3.05, 3.63) is 58.1 Å². The van der Waals surface area contributed by atoms with Gasteiger partial charge in [0.1, 0.15) is 0 Å². The van der Waals surface area contributed by atoms with Crippen molar-refractivity contribution in [1.29, 1.82) is 0 Å². The summed E-state index contributed by atoms with van der Waals surface area (Å²) in [6.07, 6.45) is 0. The molecule has 0 aliphatic rings. The monoisotopic (exact) mass is 268 g/mol. The summed E-state index contributed by atoms with van der Waals surface area (Å²) in [7, 11) is 0. The summed E-state index contributed by atoms with van der Waals surface area (Å²) >= 11 is 0. The molecule has 0 saturated carbocycles. The Labute approximate surface area is 119 Å². The second kappa shape index (κ2) is 5.37. The summed E-state index contributed by atoms with van der Waals surface area (Å²) in [4.78, 5) is 12.4. The summed E-state index contributed by atoms with van der Waals surface area (Å²) in [5.74, 6) is -0.124. The van der Waals surface area contributed by atoms with E-state index in [0.29, 0.717) is 16.9 Å². The number of nitrogens with two attached hydrogens (primary N) is 1. The lowest BCUT2D eigenvalue weighted by Gasteiger charge is -2.12. The van der Waals surface area contributed by atoms with Gasteiger partial charge in [0.05, 0.1) is 11.4 Å². The molecular weight excluding hydrogens is 248 g/mol. The number of aryl methyl sites for hydroxylation is 4. The highest BCUT2D eigenvalue weighted by molar-refractivity contribution is 6.06. The number of amides is 1. The fourth-order valence-electron chi connectivity index (χ4n) is 2.12. The molecule has 1 amide bonds. The van der Waals surface area contributed by atoms with E-state index in [9.17, 15) is 4.79 Å². The van der Waals surface area contributed by atoms with Crippen LogP contribution in [0.5, 0.6) is 0 Å². The molecule has 104 valence electrons. The first-order valence-corrected chi connectivity index (χ1v) is 6.64. The van der Waals surface area contributed by atoms with Crippen LogP contribution in [0.2, 0.25) is 0 Å². The van der Waals surface area contributed by atoms with Crippen molar-refractivity contribution in [2.24, 2.45) is 0 Å². The van der Waals surface area contributed by atoms with Crippen LogP contribution < -0.4 is 11.1 Å². The second-order valence-corrected chi connectivity index (χ2v) is 5.30. The molecule has 0 atom stereocenters. The van der Waals surface area contributed by atoms with E-state index in [4.69, 9.17) is 5.73 Å². The first kappa shape index (κ1) is 14.1. The lowest BCUT2D eigenvalue weighted by atomic mass is 10.0. The van der Waals surface area contributed by atoms with Crippen LogP contribution in [-0.4, -0.2) is 5.91 Å². The predicted molar refractivity (Wildman–Crippen MR) is 84.2 cm³/mol. The van der Waals surface area contributed by atoms with E-state index in [2.05, 4.69) is 5.32 Å².